The lowest BCUT2D eigenvalue weighted by Gasteiger charge is -2.03. The first-order valence-corrected chi connectivity index (χ1v) is 4.38. The Bertz CT molecular complexity index is 66.1. The van der Waals surface area contributed by atoms with Gasteiger partial charge in [-0.3, -0.25) is 0 Å². The van der Waals surface area contributed by atoms with E-state index in [1.165, 1.54) is 0 Å². The highest BCUT2D eigenvalue weighted by molar-refractivity contribution is 7.80. The number of aliphatic hydroxyl groups excluding tert-OH is 2. The second-order valence-electron chi connectivity index (χ2n) is 2.25. The zero-order valence-electron chi connectivity index (χ0n) is 5.77. The van der Waals surface area contributed by atoms with E-state index in [1.54, 1.807) is 0 Å². The molecule has 0 aliphatic carbocycles. The molecule has 0 heterocycles. The normalized spacial score (nSPS) is 16.8. The van der Waals surface area contributed by atoms with Gasteiger partial charge in [0.15, 0.2) is 0 Å². The summed E-state index contributed by atoms with van der Waals surface area (Å²) in [5, 5.41) is 17.4. The van der Waals surface area contributed by atoms with Gasteiger partial charge in [-0.2, -0.15) is 0 Å². The fourth-order valence-electron chi connectivity index (χ4n) is 0.654. The molecule has 2 atom stereocenters. The topological polar surface area (TPSA) is 40.5 Å². The van der Waals surface area contributed by atoms with Crippen molar-refractivity contribution in [2.24, 2.45) is 0 Å². The van der Waals surface area contributed by atoms with Crippen molar-refractivity contribution in [3.63, 3.8) is 0 Å². The van der Waals surface area contributed by atoms with Crippen molar-refractivity contribution >= 4 is 25.3 Å². The molecule has 0 bridgehead atoms. The number of rotatable bonds is 5. The molecular formula is C6H14O2S2. The van der Waals surface area contributed by atoms with E-state index >= 15 is 0 Å². The predicted molar refractivity (Wildman–Crippen MR) is 48.5 cm³/mol. The predicted octanol–water partition coefficient (Wildman–Crippen LogP) is 1.04. The highest BCUT2D eigenvalue weighted by Gasteiger charge is 1.98. The molecule has 10 heavy (non-hydrogen) atoms. The van der Waals surface area contributed by atoms with Crippen LogP contribution in [0, 0.1) is 0 Å². The minimum absolute atomic E-state index is 0.517. The quantitative estimate of drug-likeness (QED) is 0.291. The lowest BCUT2D eigenvalue weighted by Crippen LogP contribution is -1.98. The van der Waals surface area contributed by atoms with Crippen LogP contribution in [-0.4, -0.2) is 21.1 Å². The van der Waals surface area contributed by atoms with E-state index in [2.05, 4.69) is 25.3 Å². The van der Waals surface area contributed by atoms with Gasteiger partial charge in [0, 0.05) is 0 Å². The van der Waals surface area contributed by atoms with Gasteiger partial charge in [0.05, 0.1) is 10.9 Å². The lowest BCUT2D eigenvalue weighted by molar-refractivity contribution is 0.232. The Labute approximate surface area is 72.5 Å². The molecule has 0 fully saturated rings. The molecule has 0 amide bonds. The van der Waals surface area contributed by atoms with Crippen LogP contribution >= 0.6 is 25.3 Å². The number of unbranched alkanes of at least 4 members (excludes halogenated alkanes) is 1. The van der Waals surface area contributed by atoms with Crippen LogP contribution < -0.4 is 0 Å². The van der Waals surface area contributed by atoms with Crippen molar-refractivity contribution < 1.29 is 10.2 Å². The van der Waals surface area contributed by atoms with Gasteiger partial charge in [-0.1, -0.05) is 0 Å². The maximum atomic E-state index is 8.70. The molecule has 0 aliphatic rings. The highest BCUT2D eigenvalue weighted by atomic mass is 32.1. The number of thiol groups is 2. The van der Waals surface area contributed by atoms with Crippen LogP contribution in [0.2, 0.25) is 0 Å². The van der Waals surface area contributed by atoms with E-state index < -0.39 is 10.9 Å². The van der Waals surface area contributed by atoms with Crippen molar-refractivity contribution in [3.05, 3.63) is 0 Å². The summed E-state index contributed by atoms with van der Waals surface area (Å²) in [7, 11) is 0. The molecule has 2 N–H and O–H groups in total. The Kier molecular flexibility index (Phi) is 6.73. The smallest absolute Gasteiger partial charge is 0.0964 e. The van der Waals surface area contributed by atoms with Gasteiger partial charge >= 0.3 is 0 Å². The van der Waals surface area contributed by atoms with Crippen LogP contribution in [0.1, 0.15) is 25.7 Å². The third-order valence-corrected chi connectivity index (χ3v) is 1.69. The van der Waals surface area contributed by atoms with E-state index in [4.69, 9.17) is 10.2 Å². The molecule has 4 heteroatoms. The molecular weight excluding hydrogens is 168 g/mol. The Morgan fingerprint density at radius 1 is 0.900 bits per heavy atom. The molecule has 0 aromatic rings. The summed E-state index contributed by atoms with van der Waals surface area (Å²) < 4.78 is 0. The summed E-state index contributed by atoms with van der Waals surface area (Å²) >= 11 is 7.59. The highest BCUT2D eigenvalue weighted by Crippen LogP contribution is 2.08. The third kappa shape index (κ3) is 8.62. The molecule has 0 aliphatic heterocycles. The van der Waals surface area contributed by atoms with Crippen LogP contribution in [0.15, 0.2) is 0 Å². The standard InChI is InChI=1S/C6H14O2S2/c7-5(9)3-1-2-4-6(8)10/h5-10H,1-4H2. The van der Waals surface area contributed by atoms with Crippen LogP contribution in [0.5, 0.6) is 0 Å². The summed E-state index contributed by atoms with van der Waals surface area (Å²) in [5.41, 5.74) is -1.03. The van der Waals surface area contributed by atoms with Gasteiger partial charge in [-0.15, -0.1) is 25.3 Å². The van der Waals surface area contributed by atoms with Crippen molar-refractivity contribution in [3.8, 4) is 0 Å². The largest absolute Gasteiger partial charge is 0.383 e. The molecule has 2 unspecified atom stereocenters. The maximum Gasteiger partial charge on any atom is 0.0964 e. The van der Waals surface area contributed by atoms with Gasteiger partial charge < -0.3 is 10.2 Å². The van der Waals surface area contributed by atoms with Crippen molar-refractivity contribution in [2.75, 3.05) is 0 Å². The molecule has 62 valence electrons. The Morgan fingerprint density at radius 2 is 1.20 bits per heavy atom. The molecule has 0 saturated heterocycles. The molecule has 0 saturated carbocycles. The first kappa shape index (κ1) is 10.6. The molecule has 0 radical (unpaired) electrons. The van der Waals surface area contributed by atoms with Crippen molar-refractivity contribution in [2.45, 2.75) is 36.6 Å². The van der Waals surface area contributed by atoms with Crippen molar-refractivity contribution in [1.29, 1.82) is 0 Å². The summed E-state index contributed by atoms with van der Waals surface area (Å²) in [6.07, 6.45) is 3.15. The Hall–Kier alpha value is 0.620. The third-order valence-electron chi connectivity index (χ3n) is 1.17. The van der Waals surface area contributed by atoms with Crippen LogP contribution in [0.3, 0.4) is 0 Å². The number of aliphatic hydroxyl groups is 2. The summed E-state index contributed by atoms with van der Waals surface area (Å²) in [6.45, 7) is 0. The molecule has 0 aromatic carbocycles. The first-order valence-electron chi connectivity index (χ1n) is 3.35. The second-order valence-corrected chi connectivity index (χ2v) is 3.44. The Morgan fingerprint density at radius 3 is 1.40 bits per heavy atom. The van der Waals surface area contributed by atoms with Gasteiger partial charge in [-0.05, 0) is 25.7 Å². The molecule has 0 spiro atoms. The summed E-state index contributed by atoms with van der Waals surface area (Å²) in [5.74, 6) is 0. The van der Waals surface area contributed by atoms with Gasteiger partial charge in [0.2, 0.25) is 0 Å². The zero-order chi connectivity index (χ0) is 7.98. The average Bonchev–Trinajstić information content (AvgIpc) is 1.79. The Balaban J connectivity index is 2.91. The monoisotopic (exact) mass is 182 g/mol. The summed E-state index contributed by atoms with van der Waals surface area (Å²) in [4.78, 5) is 0. The van der Waals surface area contributed by atoms with Crippen LogP contribution in [-0.2, 0) is 0 Å². The van der Waals surface area contributed by atoms with E-state index in [1.807, 2.05) is 0 Å². The fraction of sp³-hybridized carbons (Fsp3) is 1.00. The van der Waals surface area contributed by atoms with Gasteiger partial charge in [-0.25, -0.2) is 0 Å². The second kappa shape index (κ2) is 6.34. The molecule has 2 nitrogen and oxygen atoms in total. The van der Waals surface area contributed by atoms with Crippen LogP contribution in [0.4, 0.5) is 0 Å². The maximum absolute atomic E-state index is 8.70. The van der Waals surface area contributed by atoms with E-state index in [0.717, 1.165) is 12.8 Å². The summed E-state index contributed by atoms with van der Waals surface area (Å²) in [6, 6.07) is 0. The van der Waals surface area contributed by atoms with E-state index in [-0.39, 0.29) is 0 Å². The number of hydrogen-bond donors (Lipinski definition) is 4. The minimum atomic E-state index is -0.517. The van der Waals surface area contributed by atoms with Gasteiger partial charge in [0.25, 0.3) is 0 Å². The van der Waals surface area contributed by atoms with Crippen molar-refractivity contribution in [1.82, 2.24) is 0 Å². The minimum Gasteiger partial charge on any atom is -0.383 e. The average molecular weight is 182 g/mol. The lowest BCUT2D eigenvalue weighted by atomic mass is 10.2. The van der Waals surface area contributed by atoms with E-state index in [0.29, 0.717) is 12.8 Å². The molecule has 0 aromatic heterocycles. The first-order chi connectivity index (χ1) is 4.63. The van der Waals surface area contributed by atoms with E-state index in [9.17, 15) is 0 Å². The van der Waals surface area contributed by atoms with Gasteiger partial charge in [0.1, 0.15) is 0 Å². The number of hydrogen-bond acceptors (Lipinski definition) is 4. The zero-order valence-corrected chi connectivity index (χ0v) is 7.56. The fourth-order valence-corrected chi connectivity index (χ4v) is 1.02. The van der Waals surface area contributed by atoms with Crippen LogP contribution in [0.25, 0.3) is 0 Å². The SMILES string of the molecule is OC(S)CCCCC(O)S. The molecule has 0 rings (SSSR count).